The van der Waals surface area contributed by atoms with Gasteiger partial charge in [0.25, 0.3) is 0 Å². The minimum absolute atomic E-state index is 0.103. The number of hydrogen-bond donors (Lipinski definition) is 1. The van der Waals surface area contributed by atoms with Crippen molar-refractivity contribution in [1.29, 1.82) is 0 Å². The first-order chi connectivity index (χ1) is 9.52. The second kappa shape index (κ2) is 6.35. The Kier molecular flexibility index (Phi) is 4.75. The summed E-state index contributed by atoms with van der Waals surface area (Å²) >= 11 is 5.88. The molecule has 1 saturated carbocycles. The zero-order chi connectivity index (χ0) is 14.7. The first-order valence-corrected chi connectivity index (χ1v) is 7.35. The summed E-state index contributed by atoms with van der Waals surface area (Å²) in [7, 11) is 0. The van der Waals surface area contributed by atoms with Crippen LogP contribution in [0.1, 0.15) is 44.7 Å². The Morgan fingerprint density at radius 3 is 2.70 bits per heavy atom. The Balaban J connectivity index is 2.19. The number of aryl methyl sites for hydroxylation is 1. The summed E-state index contributed by atoms with van der Waals surface area (Å²) in [6.07, 6.45) is 5.84. The molecule has 1 N–H and O–H groups in total. The highest BCUT2D eigenvalue weighted by Gasteiger charge is 2.26. The Morgan fingerprint density at radius 1 is 1.40 bits per heavy atom. The Morgan fingerprint density at radius 2 is 2.10 bits per heavy atom. The summed E-state index contributed by atoms with van der Waals surface area (Å²) in [5.41, 5.74) is 0.0780. The quantitative estimate of drug-likeness (QED) is 0.520. The highest BCUT2D eigenvalue weighted by molar-refractivity contribution is 6.31. The predicted octanol–water partition coefficient (Wildman–Crippen LogP) is 3.73. The van der Waals surface area contributed by atoms with Crippen molar-refractivity contribution >= 4 is 23.2 Å². The van der Waals surface area contributed by atoms with Crippen molar-refractivity contribution in [3.63, 3.8) is 0 Å². The normalized spacial score (nSPS) is 22.6. The van der Waals surface area contributed by atoms with E-state index in [1.807, 2.05) is 0 Å². The molecule has 0 spiro atoms. The van der Waals surface area contributed by atoms with E-state index >= 15 is 0 Å². The minimum atomic E-state index is -0.545. The molecule has 1 aliphatic carbocycles. The van der Waals surface area contributed by atoms with E-state index in [0.29, 0.717) is 23.6 Å². The van der Waals surface area contributed by atoms with Gasteiger partial charge in [0.05, 0.1) is 4.92 Å². The van der Waals surface area contributed by atoms with Crippen molar-refractivity contribution < 1.29 is 4.92 Å². The van der Waals surface area contributed by atoms with Crippen LogP contribution in [0.2, 0.25) is 5.15 Å². The standard InChI is InChI=1S/C13H19ClN4O2/c1-3-9-6-4-5-7-10(9)16-13-15-8(2)11(18(19)20)12(14)17-13/h9-10H,3-7H2,1-2H3,(H,15,16,17). The van der Waals surface area contributed by atoms with Crippen molar-refractivity contribution in [2.45, 2.75) is 52.0 Å². The van der Waals surface area contributed by atoms with Crippen molar-refractivity contribution in [1.82, 2.24) is 9.97 Å². The number of nitro groups is 1. The topological polar surface area (TPSA) is 81.0 Å². The second-order valence-corrected chi connectivity index (χ2v) is 5.59. The van der Waals surface area contributed by atoms with Gasteiger partial charge in [0.15, 0.2) is 0 Å². The second-order valence-electron chi connectivity index (χ2n) is 5.23. The van der Waals surface area contributed by atoms with Crippen molar-refractivity contribution in [2.75, 3.05) is 5.32 Å². The number of rotatable bonds is 4. The third-order valence-corrected chi connectivity index (χ3v) is 4.21. The van der Waals surface area contributed by atoms with Gasteiger partial charge in [0.2, 0.25) is 11.1 Å². The van der Waals surface area contributed by atoms with Crippen LogP contribution in [-0.2, 0) is 0 Å². The van der Waals surface area contributed by atoms with E-state index in [2.05, 4.69) is 22.2 Å². The van der Waals surface area contributed by atoms with Gasteiger partial charge in [0.1, 0.15) is 5.69 Å². The molecule has 1 heterocycles. The van der Waals surface area contributed by atoms with E-state index in [9.17, 15) is 10.1 Å². The summed E-state index contributed by atoms with van der Waals surface area (Å²) in [6.45, 7) is 3.76. The molecule has 0 bridgehead atoms. The molecule has 0 amide bonds. The lowest BCUT2D eigenvalue weighted by Gasteiger charge is -2.31. The molecule has 1 fully saturated rings. The number of hydrogen-bond acceptors (Lipinski definition) is 5. The molecule has 2 rings (SSSR count). The summed E-state index contributed by atoms with van der Waals surface area (Å²) in [4.78, 5) is 18.5. The first-order valence-electron chi connectivity index (χ1n) is 6.98. The summed E-state index contributed by atoms with van der Waals surface area (Å²) in [5, 5.41) is 14.1. The lowest BCUT2D eigenvalue weighted by molar-refractivity contribution is -0.385. The first kappa shape index (κ1) is 15.0. The maximum Gasteiger partial charge on any atom is 0.327 e. The monoisotopic (exact) mass is 298 g/mol. The molecule has 0 aliphatic heterocycles. The van der Waals surface area contributed by atoms with E-state index in [4.69, 9.17) is 11.6 Å². The predicted molar refractivity (Wildman–Crippen MR) is 78.1 cm³/mol. The van der Waals surface area contributed by atoms with Gasteiger partial charge < -0.3 is 5.32 Å². The molecule has 1 aliphatic rings. The summed E-state index contributed by atoms with van der Waals surface area (Å²) < 4.78 is 0. The fourth-order valence-electron chi connectivity index (χ4n) is 2.86. The largest absolute Gasteiger partial charge is 0.351 e. The van der Waals surface area contributed by atoms with Gasteiger partial charge in [-0.2, -0.15) is 4.98 Å². The molecule has 2 atom stereocenters. The van der Waals surface area contributed by atoms with Gasteiger partial charge in [-0.05, 0) is 25.7 Å². The van der Waals surface area contributed by atoms with E-state index in [1.54, 1.807) is 6.92 Å². The summed E-state index contributed by atoms with van der Waals surface area (Å²) in [6, 6.07) is 0.325. The van der Waals surface area contributed by atoms with Gasteiger partial charge in [-0.15, -0.1) is 0 Å². The van der Waals surface area contributed by atoms with Crippen LogP contribution in [0.25, 0.3) is 0 Å². The van der Waals surface area contributed by atoms with Gasteiger partial charge in [-0.3, -0.25) is 10.1 Å². The number of nitrogens with one attached hydrogen (secondary N) is 1. The van der Waals surface area contributed by atoms with Crippen LogP contribution >= 0.6 is 11.6 Å². The molecule has 110 valence electrons. The number of halogens is 1. The Bertz CT molecular complexity index is 486. The molecule has 1 aromatic rings. The van der Waals surface area contributed by atoms with Crippen LogP contribution in [0.3, 0.4) is 0 Å². The smallest absolute Gasteiger partial charge is 0.327 e. The molecule has 6 nitrogen and oxygen atoms in total. The molecule has 20 heavy (non-hydrogen) atoms. The molecule has 0 aromatic carbocycles. The average Bonchev–Trinajstić information content (AvgIpc) is 2.38. The van der Waals surface area contributed by atoms with Crippen LogP contribution < -0.4 is 5.32 Å². The fraction of sp³-hybridized carbons (Fsp3) is 0.692. The number of nitrogens with zero attached hydrogens (tertiary/aromatic N) is 3. The zero-order valence-corrected chi connectivity index (χ0v) is 12.5. The molecule has 0 saturated heterocycles. The highest BCUT2D eigenvalue weighted by Crippen LogP contribution is 2.30. The Labute approximate surface area is 123 Å². The zero-order valence-electron chi connectivity index (χ0n) is 11.7. The lowest BCUT2D eigenvalue weighted by Crippen LogP contribution is -2.32. The van der Waals surface area contributed by atoms with Crippen LogP contribution in [0, 0.1) is 23.0 Å². The van der Waals surface area contributed by atoms with E-state index < -0.39 is 4.92 Å². The fourth-order valence-corrected chi connectivity index (χ4v) is 3.14. The van der Waals surface area contributed by atoms with Crippen LogP contribution in [-0.4, -0.2) is 20.9 Å². The van der Waals surface area contributed by atoms with Crippen molar-refractivity contribution in [3.8, 4) is 0 Å². The van der Waals surface area contributed by atoms with Crippen LogP contribution in [0.4, 0.5) is 11.6 Å². The highest BCUT2D eigenvalue weighted by atomic mass is 35.5. The van der Waals surface area contributed by atoms with Gasteiger partial charge in [-0.1, -0.05) is 37.8 Å². The Hall–Kier alpha value is -1.43. The SMILES string of the molecule is CCC1CCCCC1Nc1nc(C)c([N+](=O)[O-])c(Cl)n1. The number of aromatic nitrogens is 2. The summed E-state index contributed by atoms with van der Waals surface area (Å²) in [5.74, 6) is 0.991. The van der Waals surface area contributed by atoms with Crippen molar-refractivity contribution in [2.24, 2.45) is 5.92 Å². The molecular weight excluding hydrogens is 280 g/mol. The minimum Gasteiger partial charge on any atom is -0.351 e. The molecular formula is C13H19ClN4O2. The van der Waals surface area contributed by atoms with Gasteiger partial charge in [0, 0.05) is 6.04 Å². The van der Waals surface area contributed by atoms with Crippen molar-refractivity contribution in [3.05, 3.63) is 21.0 Å². The molecule has 1 aromatic heterocycles. The van der Waals surface area contributed by atoms with E-state index in [1.165, 1.54) is 19.3 Å². The van der Waals surface area contributed by atoms with Gasteiger partial charge >= 0.3 is 5.69 Å². The molecule has 0 radical (unpaired) electrons. The molecule has 7 heteroatoms. The van der Waals surface area contributed by atoms with E-state index in [0.717, 1.165) is 12.8 Å². The maximum absolute atomic E-state index is 10.9. The van der Waals surface area contributed by atoms with Crippen LogP contribution in [0.5, 0.6) is 0 Å². The van der Waals surface area contributed by atoms with Gasteiger partial charge in [-0.25, -0.2) is 4.98 Å². The third-order valence-electron chi connectivity index (χ3n) is 3.95. The van der Waals surface area contributed by atoms with E-state index in [-0.39, 0.29) is 10.8 Å². The lowest BCUT2D eigenvalue weighted by atomic mass is 9.83. The molecule has 2 unspecified atom stereocenters. The number of anilines is 1. The van der Waals surface area contributed by atoms with Crippen LogP contribution in [0.15, 0.2) is 0 Å². The average molecular weight is 299 g/mol. The third kappa shape index (κ3) is 3.17. The maximum atomic E-state index is 10.9.